The number of phenolic OH excluding ortho intramolecular Hbond substituents is 1. The molecule has 5 N–H and O–H groups in total. The number of nitrogens with zero attached hydrogens (tertiary/aromatic N) is 2. The molecule has 0 atom stereocenters. The first-order valence-electron chi connectivity index (χ1n) is 3.81. The number of benzene rings is 1. The van der Waals surface area contributed by atoms with Gasteiger partial charge in [0.15, 0.2) is 0 Å². The summed E-state index contributed by atoms with van der Waals surface area (Å²) >= 11 is 2.88. The number of nitrogens with two attached hydrogens (primary N) is 2. The van der Waals surface area contributed by atoms with Crippen LogP contribution >= 0.6 is 15.9 Å². The minimum Gasteiger partial charge on any atom is -0.506 e. The van der Waals surface area contributed by atoms with Crippen LogP contribution in [0.1, 0.15) is 5.56 Å². The zero-order chi connectivity index (χ0) is 11.4. The lowest BCUT2D eigenvalue weighted by Gasteiger charge is -2.01. The van der Waals surface area contributed by atoms with Crippen LogP contribution in [-0.4, -0.2) is 17.3 Å². The van der Waals surface area contributed by atoms with Crippen molar-refractivity contribution in [2.45, 2.75) is 0 Å². The molecule has 0 aromatic heterocycles. The fraction of sp³-hybridized carbons (Fsp3) is 0. The molecule has 15 heavy (non-hydrogen) atoms. The fourth-order valence-corrected chi connectivity index (χ4v) is 1.18. The topological polar surface area (TPSA) is 97.0 Å². The lowest BCUT2D eigenvalue weighted by Crippen LogP contribution is -2.21. The van der Waals surface area contributed by atoms with Crippen LogP contribution in [0, 0.1) is 5.82 Å². The molecule has 0 aliphatic rings. The number of hydrogen-bond donors (Lipinski definition) is 3. The predicted molar refractivity (Wildman–Crippen MR) is 59.2 cm³/mol. The molecule has 0 saturated carbocycles. The molecule has 0 radical (unpaired) electrons. The quantitative estimate of drug-likeness (QED) is 0.425. The second-order valence-corrected chi connectivity index (χ2v) is 3.36. The van der Waals surface area contributed by atoms with Crippen molar-refractivity contribution in [3.63, 3.8) is 0 Å². The van der Waals surface area contributed by atoms with Crippen molar-refractivity contribution in [2.75, 3.05) is 0 Å². The molecule has 0 heterocycles. The number of aromatic hydroxyl groups is 1. The van der Waals surface area contributed by atoms with E-state index in [1.54, 1.807) is 0 Å². The van der Waals surface area contributed by atoms with Gasteiger partial charge in [0.1, 0.15) is 11.6 Å². The Balaban J connectivity index is 3.02. The van der Waals surface area contributed by atoms with Crippen molar-refractivity contribution in [3.8, 4) is 5.75 Å². The Kier molecular flexibility index (Phi) is 3.62. The summed E-state index contributed by atoms with van der Waals surface area (Å²) in [6, 6.07) is 2.53. The molecule has 0 unspecified atom stereocenters. The van der Waals surface area contributed by atoms with Crippen molar-refractivity contribution < 1.29 is 9.50 Å². The van der Waals surface area contributed by atoms with Crippen LogP contribution in [0.25, 0.3) is 0 Å². The van der Waals surface area contributed by atoms with Crippen LogP contribution in [0.15, 0.2) is 26.8 Å². The molecule has 0 aliphatic heterocycles. The van der Waals surface area contributed by atoms with Crippen LogP contribution in [0.4, 0.5) is 4.39 Å². The Morgan fingerprint density at radius 1 is 1.47 bits per heavy atom. The van der Waals surface area contributed by atoms with E-state index in [2.05, 4.69) is 26.1 Å². The highest BCUT2D eigenvalue weighted by atomic mass is 79.9. The first kappa shape index (κ1) is 11.4. The average molecular weight is 275 g/mol. The highest BCUT2D eigenvalue weighted by Gasteiger charge is 2.08. The zero-order valence-corrected chi connectivity index (χ0v) is 9.07. The second-order valence-electron chi connectivity index (χ2n) is 2.57. The maximum absolute atomic E-state index is 12.9. The van der Waals surface area contributed by atoms with E-state index in [-0.39, 0.29) is 16.2 Å². The molecule has 0 saturated heterocycles. The molecule has 0 fully saturated rings. The molecule has 5 nitrogen and oxygen atoms in total. The molecule has 1 aromatic rings. The van der Waals surface area contributed by atoms with Gasteiger partial charge in [0.25, 0.3) is 0 Å². The second kappa shape index (κ2) is 4.74. The van der Waals surface area contributed by atoms with Gasteiger partial charge >= 0.3 is 0 Å². The summed E-state index contributed by atoms with van der Waals surface area (Å²) in [5.74, 6) is -1.03. The summed E-state index contributed by atoms with van der Waals surface area (Å²) in [5.41, 5.74) is 10.4. The molecule has 0 aliphatic carbocycles. The van der Waals surface area contributed by atoms with Crippen LogP contribution in [0.3, 0.4) is 0 Å². The lowest BCUT2D eigenvalue weighted by atomic mass is 10.2. The molecule has 80 valence electrons. The van der Waals surface area contributed by atoms with Crippen molar-refractivity contribution in [1.82, 2.24) is 0 Å². The Hall–Kier alpha value is -1.63. The third-order valence-electron chi connectivity index (χ3n) is 1.47. The van der Waals surface area contributed by atoms with Crippen LogP contribution < -0.4 is 11.5 Å². The molecule has 0 spiro atoms. The molecule has 0 bridgehead atoms. The molecular weight excluding hydrogens is 267 g/mol. The van der Waals surface area contributed by atoms with Crippen molar-refractivity contribution in [1.29, 1.82) is 0 Å². The smallest absolute Gasteiger partial charge is 0.211 e. The molecular formula is C8H8BrFN4O. The molecule has 1 aromatic carbocycles. The first-order valence-corrected chi connectivity index (χ1v) is 4.60. The van der Waals surface area contributed by atoms with Gasteiger partial charge in [-0.3, -0.25) is 0 Å². The van der Waals surface area contributed by atoms with Gasteiger partial charge in [-0.15, -0.1) is 5.10 Å². The minimum atomic E-state index is -0.563. The highest BCUT2D eigenvalue weighted by Crippen LogP contribution is 2.29. The SMILES string of the molecule is NC(N)=NN=Cc1ccc(F)c(Br)c1O. The first-order chi connectivity index (χ1) is 7.02. The van der Waals surface area contributed by atoms with Crippen molar-refractivity contribution in [2.24, 2.45) is 21.7 Å². The van der Waals surface area contributed by atoms with Gasteiger partial charge in [-0.2, -0.15) is 5.10 Å². The standard InChI is InChI=1S/C8H8BrFN4O/c9-6-5(10)2-1-4(7(6)15)3-13-14-8(11)12/h1-3,15H,(H4,11,12,14). The van der Waals surface area contributed by atoms with Gasteiger partial charge in [-0.25, -0.2) is 4.39 Å². The molecule has 1 rings (SSSR count). The van der Waals surface area contributed by atoms with E-state index < -0.39 is 5.82 Å². The van der Waals surface area contributed by atoms with Crippen LogP contribution in [0.5, 0.6) is 5.75 Å². The Morgan fingerprint density at radius 3 is 2.73 bits per heavy atom. The summed E-state index contributed by atoms with van der Waals surface area (Å²) in [5, 5.41) is 16.3. The minimum absolute atomic E-state index is 0.0313. The van der Waals surface area contributed by atoms with E-state index in [1.165, 1.54) is 18.3 Å². The van der Waals surface area contributed by atoms with Gasteiger partial charge in [0.05, 0.1) is 10.7 Å². The largest absolute Gasteiger partial charge is 0.506 e. The Labute approximate surface area is 93.4 Å². The molecule has 7 heteroatoms. The number of hydrogen-bond acceptors (Lipinski definition) is 3. The summed E-state index contributed by atoms with van der Waals surface area (Å²) < 4.78 is 12.9. The Bertz CT molecular complexity index is 429. The van der Waals surface area contributed by atoms with E-state index in [4.69, 9.17) is 11.5 Å². The number of guanidine groups is 1. The van der Waals surface area contributed by atoms with E-state index in [0.29, 0.717) is 5.56 Å². The molecule has 0 amide bonds. The third-order valence-corrected chi connectivity index (χ3v) is 2.22. The number of rotatable bonds is 2. The Morgan fingerprint density at radius 2 is 2.13 bits per heavy atom. The van der Waals surface area contributed by atoms with Crippen LogP contribution in [0.2, 0.25) is 0 Å². The lowest BCUT2D eigenvalue weighted by molar-refractivity contribution is 0.463. The monoisotopic (exact) mass is 274 g/mol. The third kappa shape index (κ3) is 2.91. The average Bonchev–Trinajstić information content (AvgIpc) is 2.18. The zero-order valence-electron chi connectivity index (χ0n) is 7.48. The van der Waals surface area contributed by atoms with Gasteiger partial charge in [0.2, 0.25) is 5.96 Å². The normalized spacial score (nSPS) is 10.5. The summed E-state index contributed by atoms with van der Waals surface area (Å²) in [4.78, 5) is 0. The van der Waals surface area contributed by atoms with E-state index in [1.807, 2.05) is 0 Å². The van der Waals surface area contributed by atoms with Crippen molar-refractivity contribution >= 4 is 28.1 Å². The van der Waals surface area contributed by atoms with Crippen LogP contribution in [-0.2, 0) is 0 Å². The summed E-state index contributed by atoms with van der Waals surface area (Å²) in [6.45, 7) is 0. The van der Waals surface area contributed by atoms with E-state index in [9.17, 15) is 9.50 Å². The van der Waals surface area contributed by atoms with E-state index >= 15 is 0 Å². The maximum Gasteiger partial charge on any atom is 0.211 e. The maximum atomic E-state index is 12.9. The van der Waals surface area contributed by atoms with E-state index in [0.717, 1.165) is 0 Å². The van der Waals surface area contributed by atoms with Crippen molar-refractivity contribution in [3.05, 3.63) is 28.0 Å². The van der Waals surface area contributed by atoms with Gasteiger partial charge < -0.3 is 16.6 Å². The predicted octanol–water partition coefficient (Wildman–Crippen LogP) is 0.901. The van der Waals surface area contributed by atoms with Gasteiger partial charge in [-0.1, -0.05) is 0 Å². The summed E-state index contributed by atoms with van der Waals surface area (Å²) in [6.07, 6.45) is 1.21. The van der Waals surface area contributed by atoms with Gasteiger partial charge in [-0.05, 0) is 28.1 Å². The fourth-order valence-electron chi connectivity index (χ4n) is 0.817. The number of phenols is 1. The number of halogens is 2. The highest BCUT2D eigenvalue weighted by molar-refractivity contribution is 9.10. The van der Waals surface area contributed by atoms with Gasteiger partial charge in [0, 0.05) is 5.56 Å². The summed E-state index contributed by atoms with van der Waals surface area (Å²) in [7, 11) is 0.